The van der Waals surface area contributed by atoms with Crippen molar-refractivity contribution in [3.63, 3.8) is 0 Å². The van der Waals surface area contributed by atoms with Crippen LogP contribution in [0, 0.1) is 6.92 Å². The molecule has 1 aromatic carbocycles. The van der Waals surface area contributed by atoms with E-state index in [-0.39, 0.29) is 5.91 Å². The fraction of sp³-hybridized carbons (Fsp3) is 0.312. The largest absolute Gasteiger partial charge is 0.322 e. The average molecular weight is 350 g/mol. The first kappa shape index (κ1) is 13.8. The van der Waals surface area contributed by atoms with Gasteiger partial charge in [0.2, 0.25) is 0 Å². The predicted octanol–water partition coefficient (Wildman–Crippen LogP) is 4.95. The highest BCUT2D eigenvalue weighted by Crippen LogP contribution is 2.38. The number of hydrogen-bond acceptors (Lipinski definition) is 2. The molecule has 2 nitrogen and oxygen atoms in total. The summed E-state index contributed by atoms with van der Waals surface area (Å²) in [4.78, 5) is 14.0. The van der Waals surface area contributed by atoms with Crippen LogP contribution < -0.4 is 5.32 Å². The molecule has 1 aromatic heterocycles. The number of aryl methyl sites for hydroxylation is 2. The van der Waals surface area contributed by atoms with Gasteiger partial charge >= 0.3 is 0 Å². The van der Waals surface area contributed by atoms with Gasteiger partial charge < -0.3 is 5.32 Å². The highest BCUT2D eigenvalue weighted by Gasteiger charge is 2.24. The Kier molecular flexibility index (Phi) is 3.94. The van der Waals surface area contributed by atoms with Crippen LogP contribution >= 0.6 is 27.3 Å². The van der Waals surface area contributed by atoms with E-state index in [4.69, 9.17) is 0 Å². The molecule has 3 rings (SSSR count). The van der Waals surface area contributed by atoms with Gasteiger partial charge in [0.1, 0.15) is 0 Å². The third-order valence-electron chi connectivity index (χ3n) is 3.75. The van der Waals surface area contributed by atoms with Gasteiger partial charge in [0.05, 0.1) is 9.35 Å². The maximum Gasteiger partial charge on any atom is 0.257 e. The number of nitrogens with one attached hydrogen (secondary N) is 1. The second-order valence-corrected chi connectivity index (χ2v) is 7.55. The van der Waals surface area contributed by atoms with Crippen molar-refractivity contribution >= 4 is 38.9 Å². The second kappa shape index (κ2) is 5.70. The third kappa shape index (κ3) is 2.54. The van der Waals surface area contributed by atoms with Gasteiger partial charge in [-0.05, 0) is 65.7 Å². The maximum absolute atomic E-state index is 12.6. The zero-order chi connectivity index (χ0) is 14.1. The fourth-order valence-electron chi connectivity index (χ4n) is 2.66. The van der Waals surface area contributed by atoms with Gasteiger partial charge in [-0.25, -0.2) is 0 Å². The highest BCUT2D eigenvalue weighted by atomic mass is 79.9. The van der Waals surface area contributed by atoms with Crippen molar-refractivity contribution in [2.45, 2.75) is 32.6 Å². The van der Waals surface area contributed by atoms with Crippen molar-refractivity contribution in [1.82, 2.24) is 0 Å². The molecule has 0 unspecified atom stereocenters. The summed E-state index contributed by atoms with van der Waals surface area (Å²) >= 11 is 5.28. The lowest BCUT2D eigenvalue weighted by Crippen LogP contribution is -2.15. The molecule has 1 aliphatic carbocycles. The number of para-hydroxylation sites is 1. The summed E-state index contributed by atoms with van der Waals surface area (Å²) in [7, 11) is 0. The summed E-state index contributed by atoms with van der Waals surface area (Å²) in [5.74, 6) is 0.00516. The van der Waals surface area contributed by atoms with Crippen molar-refractivity contribution in [2.24, 2.45) is 0 Å². The summed E-state index contributed by atoms with van der Waals surface area (Å²) in [5.41, 5.74) is 4.06. The van der Waals surface area contributed by atoms with Gasteiger partial charge in [0, 0.05) is 10.6 Å². The third-order valence-corrected chi connectivity index (χ3v) is 5.71. The van der Waals surface area contributed by atoms with Crippen molar-refractivity contribution in [3.8, 4) is 0 Å². The van der Waals surface area contributed by atoms with E-state index in [1.807, 2.05) is 31.2 Å². The van der Waals surface area contributed by atoms with Crippen LogP contribution in [0.4, 0.5) is 5.69 Å². The van der Waals surface area contributed by atoms with Crippen molar-refractivity contribution in [2.75, 3.05) is 5.32 Å². The summed E-state index contributed by atoms with van der Waals surface area (Å²) in [6.45, 7) is 2.01. The van der Waals surface area contributed by atoms with Crippen molar-refractivity contribution in [3.05, 3.63) is 49.6 Å². The Morgan fingerprint density at radius 1 is 1.25 bits per heavy atom. The first-order valence-electron chi connectivity index (χ1n) is 6.84. The van der Waals surface area contributed by atoms with E-state index in [2.05, 4.69) is 21.2 Å². The molecule has 1 amide bonds. The molecule has 104 valence electrons. The number of thiophene rings is 1. The predicted molar refractivity (Wildman–Crippen MR) is 87.8 cm³/mol. The SMILES string of the molecule is Cc1ccccc1NC(=O)c1c(Br)sc2c1CCCC2. The number of carbonyl (C=O) groups excluding carboxylic acids is 1. The number of carbonyl (C=O) groups is 1. The number of halogens is 1. The monoisotopic (exact) mass is 349 g/mol. The minimum absolute atomic E-state index is 0.00516. The van der Waals surface area contributed by atoms with Gasteiger partial charge in [-0.15, -0.1) is 11.3 Å². The van der Waals surface area contributed by atoms with Crippen LogP contribution in [0.1, 0.15) is 39.2 Å². The van der Waals surface area contributed by atoms with Crippen molar-refractivity contribution < 1.29 is 4.79 Å². The Morgan fingerprint density at radius 2 is 2.00 bits per heavy atom. The minimum Gasteiger partial charge on any atom is -0.322 e. The normalized spacial score (nSPS) is 13.9. The molecule has 0 saturated carbocycles. The smallest absolute Gasteiger partial charge is 0.257 e. The molecule has 4 heteroatoms. The van der Waals surface area contributed by atoms with E-state index in [1.165, 1.54) is 23.3 Å². The van der Waals surface area contributed by atoms with Gasteiger partial charge in [-0.1, -0.05) is 18.2 Å². The molecule has 1 N–H and O–H groups in total. The van der Waals surface area contributed by atoms with Crippen LogP contribution in [-0.2, 0) is 12.8 Å². The summed E-state index contributed by atoms with van der Waals surface area (Å²) in [5, 5.41) is 3.04. The number of amides is 1. The van der Waals surface area contributed by atoms with E-state index in [0.717, 1.165) is 33.4 Å². The molecule has 20 heavy (non-hydrogen) atoms. The fourth-order valence-corrected chi connectivity index (χ4v) is 4.77. The Hall–Kier alpha value is -1.13. The molecular formula is C16H16BrNOS. The Bertz CT molecular complexity index is 662. The highest BCUT2D eigenvalue weighted by molar-refractivity contribution is 9.11. The summed E-state index contributed by atoms with van der Waals surface area (Å²) in [6.07, 6.45) is 4.55. The molecule has 1 aliphatic rings. The standard InChI is InChI=1S/C16H16BrNOS/c1-10-6-2-4-8-12(10)18-16(19)14-11-7-3-5-9-13(11)20-15(14)17/h2,4,6,8H,3,5,7,9H2,1H3,(H,18,19). The van der Waals surface area contributed by atoms with E-state index in [0.29, 0.717) is 0 Å². The molecule has 0 fully saturated rings. The van der Waals surface area contributed by atoms with E-state index in [1.54, 1.807) is 11.3 Å². The number of anilines is 1. The lowest BCUT2D eigenvalue weighted by Gasteiger charge is -2.13. The van der Waals surface area contributed by atoms with Crippen LogP contribution in [0.5, 0.6) is 0 Å². The summed E-state index contributed by atoms with van der Waals surface area (Å²) < 4.78 is 0.968. The molecule has 0 aliphatic heterocycles. The van der Waals surface area contributed by atoms with Crippen LogP contribution in [0.2, 0.25) is 0 Å². The van der Waals surface area contributed by atoms with Gasteiger partial charge in [-0.3, -0.25) is 4.79 Å². The molecule has 0 spiro atoms. The van der Waals surface area contributed by atoms with Gasteiger partial charge in [0.15, 0.2) is 0 Å². The van der Waals surface area contributed by atoms with Crippen LogP contribution in [0.25, 0.3) is 0 Å². The number of benzene rings is 1. The first-order chi connectivity index (χ1) is 9.66. The number of hydrogen-bond donors (Lipinski definition) is 1. The molecule has 1 heterocycles. The minimum atomic E-state index is 0.00516. The quantitative estimate of drug-likeness (QED) is 0.816. The Morgan fingerprint density at radius 3 is 2.80 bits per heavy atom. The van der Waals surface area contributed by atoms with E-state index < -0.39 is 0 Å². The van der Waals surface area contributed by atoms with Crippen LogP contribution in [-0.4, -0.2) is 5.91 Å². The molecular weight excluding hydrogens is 334 g/mol. The average Bonchev–Trinajstić information content (AvgIpc) is 2.77. The zero-order valence-corrected chi connectivity index (χ0v) is 13.7. The van der Waals surface area contributed by atoms with Crippen molar-refractivity contribution in [1.29, 1.82) is 0 Å². The topological polar surface area (TPSA) is 29.1 Å². The number of rotatable bonds is 2. The number of fused-ring (bicyclic) bond motifs is 1. The zero-order valence-electron chi connectivity index (χ0n) is 11.3. The lowest BCUT2D eigenvalue weighted by atomic mass is 9.95. The van der Waals surface area contributed by atoms with Crippen LogP contribution in [0.15, 0.2) is 28.1 Å². The maximum atomic E-state index is 12.6. The lowest BCUT2D eigenvalue weighted by molar-refractivity contribution is 0.102. The first-order valence-corrected chi connectivity index (χ1v) is 8.45. The van der Waals surface area contributed by atoms with Gasteiger partial charge in [-0.2, -0.15) is 0 Å². The molecule has 0 bridgehead atoms. The molecule has 0 radical (unpaired) electrons. The Balaban J connectivity index is 1.92. The van der Waals surface area contributed by atoms with E-state index >= 15 is 0 Å². The molecule has 0 saturated heterocycles. The summed E-state index contributed by atoms with van der Waals surface area (Å²) in [6, 6.07) is 7.88. The van der Waals surface area contributed by atoms with Gasteiger partial charge in [0.25, 0.3) is 5.91 Å². The van der Waals surface area contributed by atoms with Crippen LogP contribution in [0.3, 0.4) is 0 Å². The second-order valence-electron chi connectivity index (χ2n) is 5.13. The van der Waals surface area contributed by atoms with E-state index in [9.17, 15) is 4.79 Å². The molecule has 0 atom stereocenters. The molecule has 2 aromatic rings. The Labute approximate surface area is 131 Å².